The molecule has 0 fully saturated rings. The highest BCUT2D eigenvalue weighted by Crippen LogP contribution is 2.35. The molecule has 2 heterocycles. The first-order valence-corrected chi connectivity index (χ1v) is 6.56. The number of H-pyrrole nitrogens is 1. The second kappa shape index (κ2) is 5.33. The molecule has 3 aromatic rings. The lowest BCUT2D eigenvalue weighted by Crippen LogP contribution is -2.05. The number of fused-ring (bicyclic) bond motifs is 1. The number of nitrogens with zero attached hydrogens (tertiary/aromatic N) is 4. The summed E-state index contributed by atoms with van der Waals surface area (Å²) in [4.78, 5) is 2.83. The van der Waals surface area contributed by atoms with E-state index in [1.165, 1.54) is 0 Å². The predicted octanol–water partition coefficient (Wildman–Crippen LogP) is 3.09. The molecule has 21 heavy (non-hydrogen) atoms. The molecule has 7 nitrogen and oxygen atoms in total. The quantitative estimate of drug-likeness (QED) is 0.501. The van der Waals surface area contributed by atoms with Crippen LogP contribution in [0.3, 0.4) is 0 Å². The van der Waals surface area contributed by atoms with Crippen LogP contribution < -0.4 is 5.32 Å². The molecule has 3 rings (SSSR count). The van der Waals surface area contributed by atoms with E-state index in [4.69, 9.17) is 12.2 Å². The van der Waals surface area contributed by atoms with Gasteiger partial charge in [0.15, 0.2) is 11.5 Å². The van der Waals surface area contributed by atoms with Gasteiger partial charge in [0.1, 0.15) is 0 Å². The Labute approximate surface area is 125 Å². The zero-order valence-corrected chi connectivity index (χ0v) is 11.9. The largest absolute Gasteiger partial charge is 0.493 e. The van der Waals surface area contributed by atoms with Gasteiger partial charge in [0.25, 0.3) is 0 Å². The molecule has 0 spiro atoms. The third kappa shape index (κ3) is 2.75. The molecule has 0 aliphatic rings. The Morgan fingerprint density at radius 3 is 2.95 bits per heavy atom. The molecule has 3 N–H and O–H groups in total. The number of hydrogen-bond donors (Lipinski definition) is 3. The summed E-state index contributed by atoms with van der Waals surface area (Å²) < 4.78 is 1.65. The van der Waals surface area contributed by atoms with Crippen LogP contribution in [-0.2, 0) is 7.05 Å². The maximum Gasteiger partial charge on any atom is 0.219 e. The maximum absolute atomic E-state index is 9.85. The van der Waals surface area contributed by atoms with E-state index in [9.17, 15) is 5.11 Å². The minimum absolute atomic E-state index is 0.0411. The van der Waals surface area contributed by atoms with Gasteiger partial charge in [-0.1, -0.05) is 18.2 Å². The molecular weight excluding hydrogens is 288 g/mol. The fourth-order valence-electron chi connectivity index (χ4n) is 1.93. The van der Waals surface area contributed by atoms with Crippen LogP contribution in [0.2, 0.25) is 0 Å². The van der Waals surface area contributed by atoms with E-state index < -0.39 is 0 Å². The van der Waals surface area contributed by atoms with Gasteiger partial charge in [0.2, 0.25) is 11.0 Å². The summed E-state index contributed by atoms with van der Waals surface area (Å²) in [7, 11) is 1.81. The minimum Gasteiger partial charge on any atom is -0.493 e. The van der Waals surface area contributed by atoms with Gasteiger partial charge >= 0.3 is 0 Å². The van der Waals surface area contributed by atoms with Gasteiger partial charge in [-0.25, -0.2) is 0 Å². The van der Waals surface area contributed by atoms with Gasteiger partial charge in [0, 0.05) is 24.7 Å². The number of aromatic amines is 1. The van der Waals surface area contributed by atoms with E-state index in [2.05, 4.69) is 25.6 Å². The van der Waals surface area contributed by atoms with Crippen molar-refractivity contribution in [2.45, 2.75) is 0 Å². The Bertz CT molecular complexity index is 834. The van der Waals surface area contributed by atoms with E-state index in [0.717, 1.165) is 10.9 Å². The topological polar surface area (TPSA) is 90.6 Å². The van der Waals surface area contributed by atoms with Crippen LogP contribution in [0.5, 0.6) is 5.88 Å². The van der Waals surface area contributed by atoms with Crippen molar-refractivity contribution in [2.75, 3.05) is 5.32 Å². The molecule has 0 atom stereocenters. The van der Waals surface area contributed by atoms with Gasteiger partial charge in [-0.2, -0.15) is 5.10 Å². The molecular formula is C13H12N6OS. The molecule has 0 saturated heterocycles. The van der Waals surface area contributed by atoms with Crippen molar-refractivity contribution in [3.8, 4) is 5.88 Å². The fourth-order valence-corrected chi connectivity index (χ4v) is 2.07. The monoisotopic (exact) mass is 300 g/mol. The number of aryl methyl sites for hydroxylation is 1. The lowest BCUT2D eigenvalue weighted by molar-refractivity contribution is 0.459. The molecule has 106 valence electrons. The van der Waals surface area contributed by atoms with Crippen molar-refractivity contribution in [2.24, 2.45) is 17.3 Å². The summed E-state index contributed by atoms with van der Waals surface area (Å²) in [6.07, 6.45) is 1.79. The second-order valence-electron chi connectivity index (χ2n) is 4.37. The molecule has 8 heteroatoms. The van der Waals surface area contributed by atoms with E-state index in [1.54, 1.807) is 24.0 Å². The number of para-hydroxylation sites is 1. The molecule has 0 unspecified atom stereocenters. The smallest absolute Gasteiger partial charge is 0.219 e. The summed E-state index contributed by atoms with van der Waals surface area (Å²) in [5, 5.41) is 25.7. The summed E-state index contributed by atoms with van der Waals surface area (Å²) >= 11 is 5.07. The minimum atomic E-state index is -0.0411. The van der Waals surface area contributed by atoms with E-state index >= 15 is 0 Å². The van der Waals surface area contributed by atoms with Gasteiger partial charge < -0.3 is 15.4 Å². The lowest BCUT2D eigenvalue weighted by Gasteiger charge is -1.97. The first kappa shape index (κ1) is 13.3. The van der Waals surface area contributed by atoms with Crippen LogP contribution >= 0.6 is 12.2 Å². The van der Waals surface area contributed by atoms with Crippen LogP contribution in [0.15, 0.2) is 46.8 Å². The third-order valence-electron chi connectivity index (χ3n) is 2.85. The average molecular weight is 300 g/mol. The SMILES string of the molecule is Cn1ccc(NC(=S)N=Nc2c(O)[nH]c3ccccc23)n1. The van der Waals surface area contributed by atoms with Crippen molar-refractivity contribution in [3.63, 3.8) is 0 Å². The Kier molecular flexibility index (Phi) is 3.36. The fraction of sp³-hybridized carbons (Fsp3) is 0.0769. The second-order valence-corrected chi connectivity index (χ2v) is 4.76. The average Bonchev–Trinajstić information content (AvgIpc) is 2.99. The van der Waals surface area contributed by atoms with Gasteiger partial charge in [0.05, 0.1) is 5.52 Å². The molecule has 0 radical (unpaired) electrons. The molecule has 0 aliphatic heterocycles. The van der Waals surface area contributed by atoms with E-state index in [0.29, 0.717) is 11.5 Å². The number of anilines is 1. The Morgan fingerprint density at radius 1 is 1.38 bits per heavy atom. The van der Waals surface area contributed by atoms with Crippen LogP contribution in [0.4, 0.5) is 11.5 Å². The Balaban J connectivity index is 1.81. The van der Waals surface area contributed by atoms with Crippen LogP contribution in [0, 0.1) is 0 Å². The highest BCUT2D eigenvalue weighted by molar-refractivity contribution is 7.80. The van der Waals surface area contributed by atoms with Gasteiger partial charge in [-0.3, -0.25) is 4.68 Å². The standard InChI is InChI=1S/C13H12N6OS/c1-19-7-6-10(18-19)15-13(21)17-16-11-8-4-2-3-5-9(8)14-12(11)20/h2-7,14,20H,1H3,(H,15,18,21). The lowest BCUT2D eigenvalue weighted by atomic mass is 10.2. The molecule has 0 aliphatic carbocycles. The summed E-state index contributed by atoms with van der Waals surface area (Å²) in [6.45, 7) is 0. The summed E-state index contributed by atoms with van der Waals surface area (Å²) in [5.41, 5.74) is 1.14. The first-order valence-electron chi connectivity index (χ1n) is 6.15. The zero-order chi connectivity index (χ0) is 14.8. The number of thiocarbonyl (C=S) groups is 1. The van der Waals surface area contributed by atoms with Gasteiger partial charge in [-0.15, -0.1) is 10.2 Å². The summed E-state index contributed by atoms with van der Waals surface area (Å²) in [6, 6.07) is 9.18. The van der Waals surface area contributed by atoms with Crippen molar-refractivity contribution in [3.05, 3.63) is 36.5 Å². The van der Waals surface area contributed by atoms with E-state index in [-0.39, 0.29) is 11.0 Å². The normalized spacial score (nSPS) is 11.3. The van der Waals surface area contributed by atoms with Crippen LogP contribution in [-0.4, -0.2) is 25.0 Å². The first-order chi connectivity index (χ1) is 10.1. The molecule has 1 aromatic carbocycles. The number of benzene rings is 1. The molecule has 0 saturated carbocycles. The molecule has 0 bridgehead atoms. The number of aromatic nitrogens is 3. The predicted molar refractivity (Wildman–Crippen MR) is 83.9 cm³/mol. The number of rotatable bonds is 2. The number of aromatic hydroxyl groups is 1. The van der Waals surface area contributed by atoms with Crippen molar-refractivity contribution in [1.29, 1.82) is 0 Å². The highest BCUT2D eigenvalue weighted by Gasteiger charge is 2.09. The van der Waals surface area contributed by atoms with Crippen LogP contribution in [0.25, 0.3) is 10.9 Å². The van der Waals surface area contributed by atoms with Crippen molar-refractivity contribution in [1.82, 2.24) is 14.8 Å². The Morgan fingerprint density at radius 2 is 2.19 bits per heavy atom. The molecule has 0 amide bonds. The highest BCUT2D eigenvalue weighted by atomic mass is 32.1. The maximum atomic E-state index is 9.85. The number of azo groups is 1. The number of nitrogens with one attached hydrogen (secondary N) is 2. The number of hydrogen-bond acceptors (Lipinski definition) is 4. The third-order valence-corrected chi connectivity index (χ3v) is 3.03. The van der Waals surface area contributed by atoms with Crippen molar-refractivity contribution < 1.29 is 5.11 Å². The van der Waals surface area contributed by atoms with Crippen LogP contribution in [0.1, 0.15) is 0 Å². The Hall–Kier alpha value is -2.74. The van der Waals surface area contributed by atoms with Crippen molar-refractivity contribution >= 4 is 39.7 Å². The van der Waals surface area contributed by atoms with E-state index in [1.807, 2.05) is 24.3 Å². The molecule has 2 aromatic heterocycles. The summed E-state index contributed by atoms with van der Waals surface area (Å²) in [5.74, 6) is 0.546. The van der Waals surface area contributed by atoms with Gasteiger partial charge in [-0.05, 0) is 18.3 Å². The zero-order valence-electron chi connectivity index (χ0n) is 11.1.